The second kappa shape index (κ2) is 9.06. The number of anilines is 1. The van der Waals surface area contributed by atoms with Crippen LogP contribution in [0.4, 0.5) is 5.69 Å². The Hall–Kier alpha value is -1.06. The number of nitrogens with one attached hydrogen (secondary N) is 1. The van der Waals surface area contributed by atoms with Gasteiger partial charge in [-0.05, 0) is 58.7 Å². The first-order valence-corrected chi connectivity index (χ1v) is 8.22. The van der Waals surface area contributed by atoms with Crippen LogP contribution in [0.2, 0.25) is 0 Å². The molecule has 1 aromatic rings. The van der Waals surface area contributed by atoms with Crippen LogP contribution in [0.25, 0.3) is 0 Å². The molecular weight excluding hydrogens is 260 g/mol. The Labute approximate surface area is 130 Å². The van der Waals surface area contributed by atoms with E-state index in [-0.39, 0.29) is 12.1 Å². The van der Waals surface area contributed by atoms with Crippen LogP contribution < -0.4 is 10.2 Å². The van der Waals surface area contributed by atoms with Crippen molar-refractivity contribution >= 4 is 5.69 Å². The first-order valence-electron chi connectivity index (χ1n) is 8.22. The van der Waals surface area contributed by atoms with Gasteiger partial charge in [0.2, 0.25) is 0 Å². The van der Waals surface area contributed by atoms with E-state index in [4.69, 9.17) is 0 Å². The van der Waals surface area contributed by atoms with E-state index in [9.17, 15) is 5.11 Å². The fourth-order valence-electron chi connectivity index (χ4n) is 2.69. The van der Waals surface area contributed by atoms with Gasteiger partial charge in [0.1, 0.15) is 0 Å². The number of aliphatic hydroxyl groups excluding tert-OH is 1. The highest BCUT2D eigenvalue weighted by atomic mass is 16.3. The lowest BCUT2D eigenvalue weighted by molar-refractivity contribution is 0.165. The summed E-state index contributed by atoms with van der Waals surface area (Å²) in [5, 5.41) is 12.9. The van der Waals surface area contributed by atoms with Crippen molar-refractivity contribution in [3.8, 4) is 0 Å². The van der Waals surface area contributed by atoms with Crippen molar-refractivity contribution in [3.63, 3.8) is 0 Å². The van der Waals surface area contributed by atoms with Crippen LogP contribution >= 0.6 is 0 Å². The normalized spacial score (nSPS) is 14.0. The molecule has 3 nitrogen and oxygen atoms in total. The van der Waals surface area contributed by atoms with Crippen molar-refractivity contribution in [2.75, 3.05) is 31.1 Å². The summed E-state index contributed by atoms with van der Waals surface area (Å²) in [6.07, 6.45) is 3.30. The number of nitrogens with zero attached hydrogens (tertiary/aromatic N) is 1. The molecule has 1 unspecified atom stereocenters. The summed E-state index contributed by atoms with van der Waals surface area (Å²) in [5.74, 6) is 0. The average molecular weight is 292 g/mol. The zero-order valence-corrected chi connectivity index (χ0v) is 14.2. The van der Waals surface area contributed by atoms with Crippen LogP contribution in [0, 0.1) is 6.92 Å². The summed E-state index contributed by atoms with van der Waals surface area (Å²) >= 11 is 0. The number of aryl methyl sites for hydroxylation is 1. The highest BCUT2D eigenvalue weighted by Gasteiger charge is 2.20. The summed E-state index contributed by atoms with van der Waals surface area (Å²) in [7, 11) is 0. The number of likely N-dealkylation sites (N-methyl/N-ethyl adjacent to an activating group) is 1. The molecule has 0 bridgehead atoms. The van der Waals surface area contributed by atoms with E-state index in [0.717, 1.165) is 38.9 Å². The van der Waals surface area contributed by atoms with E-state index >= 15 is 0 Å². The third-order valence-corrected chi connectivity index (χ3v) is 4.14. The van der Waals surface area contributed by atoms with Crippen molar-refractivity contribution in [1.29, 1.82) is 0 Å². The first-order chi connectivity index (χ1) is 10.0. The number of benzene rings is 1. The molecule has 0 fully saturated rings. The second-order valence-electron chi connectivity index (χ2n) is 6.12. The van der Waals surface area contributed by atoms with E-state index in [0.29, 0.717) is 0 Å². The third kappa shape index (κ3) is 6.06. The second-order valence-corrected chi connectivity index (χ2v) is 6.12. The predicted molar refractivity (Wildman–Crippen MR) is 92.1 cm³/mol. The van der Waals surface area contributed by atoms with E-state index < -0.39 is 0 Å². The molecule has 0 saturated carbocycles. The molecule has 0 radical (unpaired) electrons. The molecule has 0 amide bonds. The van der Waals surface area contributed by atoms with Gasteiger partial charge in [-0.1, -0.05) is 24.6 Å². The molecule has 2 N–H and O–H groups in total. The SMILES string of the molecule is CCNC(C)(CO)CCCCN(CC)c1ccc(C)cc1. The minimum atomic E-state index is -0.129. The summed E-state index contributed by atoms with van der Waals surface area (Å²) in [6.45, 7) is 11.7. The van der Waals surface area contributed by atoms with Gasteiger partial charge >= 0.3 is 0 Å². The molecule has 0 heterocycles. The van der Waals surface area contributed by atoms with Gasteiger partial charge in [0.05, 0.1) is 6.61 Å². The number of rotatable bonds is 10. The summed E-state index contributed by atoms with van der Waals surface area (Å²) in [4.78, 5) is 2.42. The van der Waals surface area contributed by atoms with Gasteiger partial charge in [0, 0.05) is 24.3 Å². The van der Waals surface area contributed by atoms with Crippen LogP contribution in [-0.2, 0) is 0 Å². The largest absolute Gasteiger partial charge is 0.394 e. The van der Waals surface area contributed by atoms with Crippen LogP contribution in [0.3, 0.4) is 0 Å². The van der Waals surface area contributed by atoms with Gasteiger partial charge in [0.15, 0.2) is 0 Å². The van der Waals surface area contributed by atoms with Gasteiger partial charge in [-0.15, -0.1) is 0 Å². The van der Waals surface area contributed by atoms with Crippen LogP contribution in [0.5, 0.6) is 0 Å². The molecule has 3 heteroatoms. The van der Waals surface area contributed by atoms with Crippen LogP contribution in [0.1, 0.15) is 45.6 Å². The Morgan fingerprint density at radius 2 is 1.81 bits per heavy atom. The fourth-order valence-corrected chi connectivity index (χ4v) is 2.69. The topological polar surface area (TPSA) is 35.5 Å². The quantitative estimate of drug-likeness (QED) is 0.649. The molecule has 0 aromatic heterocycles. The number of hydrogen-bond donors (Lipinski definition) is 2. The van der Waals surface area contributed by atoms with Crippen LogP contribution in [0.15, 0.2) is 24.3 Å². The minimum Gasteiger partial charge on any atom is -0.394 e. The predicted octanol–water partition coefficient (Wildman–Crippen LogP) is 3.35. The smallest absolute Gasteiger partial charge is 0.0610 e. The van der Waals surface area contributed by atoms with E-state index in [2.05, 4.69) is 62.2 Å². The van der Waals surface area contributed by atoms with Crippen LogP contribution in [-0.4, -0.2) is 36.9 Å². The summed E-state index contributed by atoms with van der Waals surface area (Å²) in [5.41, 5.74) is 2.48. The van der Waals surface area contributed by atoms with Gasteiger partial charge in [-0.25, -0.2) is 0 Å². The maximum Gasteiger partial charge on any atom is 0.0610 e. The maximum atomic E-state index is 9.50. The van der Waals surface area contributed by atoms with Gasteiger partial charge in [-0.2, -0.15) is 0 Å². The standard InChI is InChI=1S/C18H32N2O/c1-5-19-18(4,15-21)13-7-8-14-20(6-2)17-11-9-16(3)10-12-17/h9-12,19,21H,5-8,13-15H2,1-4H3. The fraction of sp³-hybridized carbons (Fsp3) is 0.667. The monoisotopic (exact) mass is 292 g/mol. The molecule has 0 spiro atoms. The Bertz CT molecular complexity index is 391. The summed E-state index contributed by atoms with van der Waals surface area (Å²) in [6, 6.07) is 8.75. The Morgan fingerprint density at radius 3 is 2.33 bits per heavy atom. The van der Waals surface area contributed by atoms with Gasteiger partial charge < -0.3 is 15.3 Å². The molecule has 21 heavy (non-hydrogen) atoms. The van der Waals surface area contributed by atoms with E-state index in [1.165, 1.54) is 11.3 Å². The first kappa shape index (κ1) is 18.0. The number of hydrogen-bond acceptors (Lipinski definition) is 3. The Balaban J connectivity index is 2.40. The van der Waals surface area contributed by atoms with Crippen molar-refractivity contribution in [3.05, 3.63) is 29.8 Å². The molecule has 0 aliphatic heterocycles. The van der Waals surface area contributed by atoms with Crippen molar-refractivity contribution in [2.24, 2.45) is 0 Å². The lowest BCUT2D eigenvalue weighted by Gasteiger charge is -2.29. The third-order valence-electron chi connectivity index (χ3n) is 4.14. The lowest BCUT2D eigenvalue weighted by atomic mass is 9.95. The molecule has 1 atom stereocenters. The summed E-state index contributed by atoms with van der Waals surface area (Å²) < 4.78 is 0. The number of unbranched alkanes of at least 4 members (excludes halogenated alkanes) is 1. The lowest BCUT2D eigenvalue weighted by Crippen LogP contribution is -2.45. The molecular formula is C18H32N2O. The van der Waals surface area contributed by atoms with Crippen molar-refractivity contribution < 1.29 is 5.11 Å². The Kier molecular flexibility index (Phi) is 7.76. The van der Waals surface area contributed by atoms with Gasteiger partial charge in [-0.3, -0.25) is 0 Å². The highest BCUT2D eigenvalue weighted by Crippen LogP contribution is 2.17. The highest BCUT2D eigenvalue weighted by molar-refractivity contribution is 5.47. The zero-order chi connectivity index (χ0) is 15.7. The van der Waals surface area contributed by atoms with Crippen molar-refractivity contribution in [2.45, 2.75) is 52.5 Å². The maximum absolute atomic E-state index is 9.50. The van der Waals surface area contributed by atoms with E-state index in [1.54, 1.807) is 0 Å². The minimum absolute atomic E-state index is 0.129. The molecule has 120 valence electrons. The zero-order valence-electron chi connectivity index (χ0n) is 14.2. The number of aliphatic hydroxyl groups is 1. The average Bonchev–Trinajstić information content (AvgIpc) is 2.49. The molecule has 1 aromatic carbocycles. The molecule has 1 rings (SSSR count). The Morgan fingerprint density at radius 1 is 1.14 bits per heavy atom. The molecule has 0 saturated heterocycles. The van der Waals surface area contributed by atoms with Crippen molar-refractivity contribution in [1.82, 2.24) is 5.32 Å². The van der Waals surface area contributed by atoms with Gasteiger partial charge in [0.25, 0.3) is 0 Å². The van der Waals surface area contributed by atoms with E-state index in [1.807, 2.05) is 0 Å². The molecule has 0 aliphatic carbocycles. The molecule has 0 aliphatic rings.